The Morgan fingerprint density at radius 2 is 2.22 bits per heavy atom. The van der Waals surface area contributed by atoms with Crippen LogP contribution in [0.2, 0.25) is 0 Å². The Labute approximate surface area is 109 Å². The van der Waals surface area contributed by atoms with E-state index in [0.29, 0.717) is 6.04 Å². The molecule has 0 unspecified atom stereocenters. The van der Waals surface area contributed by atoms with Crippen molar-refractivity contribution in [1.29, 1.82) is 0 Å². The van der Waals surface area contributed by atoms with E-state index in [1.54, 1.807) is 0 Å². The Bertz CT molecular complexity index is 481. The van der Waals surface area contributed by atoms with Crippen LogP contribution in [0.15, 0.2) is 30.7 Å². The van der Waals surface area contributed by atoms with Crippen molar-refractivity contribution in [3.63, 3.8) is 0 Å². The van der Waals surface area contributed by atoms with Gasteiger partial charge in [-0.25, -0.2) is 0 Å². The first kappa shape index (κ1) is 12.9. The van der Waals surface area contributed by atoms with E-state index in [2.05, 4.69) is 60.3 Å². The molecule has 0 saturated heterocycles. The van der Waals surface area contributed by atoms with E-state index < -0.39 is 0 Å². The van der Waals surface area contributed by atoms with Crippen molar-refractivity contribution in [1.82, 2.24) is 19.7 Å². The standard InChI is InChI=1S/C14H22N4/c1-4-18-11-13(8-16-18)10-17-7-5-6-14(17)9-15-12(2)3/h5-8,11-12,15H,4,9-10H2,1-3H3. The molecule has 0 aromatic carbocycles. The number of nitrogens with zero attached hydrogens (tertiary/aromatic N) is 3. The molecule has 0 atom stereocenters. The van der Waals surface area contributed by atoms with Gasteiger partial charge in [0.25, 0.3) is 0 Å². The average molecular weight is 246 g/mol. The molecule has 4 heteroatoms. The lowest BCUT2D eigenvalue weighted by Gasteiger charge is -2.11. The van der Waals surface area contributed by atoms with Gasteiger partial charge in [-0.1, -0.05) is 13.8 Å². The fraction of sp³-hybridized carbons (Fsp3) is 0.500. The first-order valence-corrected chi connectivity index (χ1v) is 6.57. The zero-order valence-corrected chi connectivity index (χ0v) is 11.4. The second-order valence-corrected chi connectivity index (χ2v) is 4.87. The molecule has 18 heavy (non-hydrogen) atoms. The van der Waals surface area contributed by atoms with Gasteiger partial charge < -0.3 is 9.88 Å². The Kier molecular flexibility index (Phi) is 4.20. The van der Waals surface area contributed by atoms with Crippen molar-refractivity contribution < 1.29 is 0 Å². The quantitative estimate of drug-likeness (QED) is 0.848. The molecule has 0 aliphatic carbocycles. The molecular formula is C14H22N4. The highest BCUT2D eigenvalue weighted by Gasteiger charge is 2.04. The Morgan fingerprint density at radius 3 is 2.89 bits per heavy atom. The SMILES string of the molecule is CCn1cc(Cn2cccc2CNC(C)C)cn1. The van der Waals surface area contributed by atoms with Gasteiger partial charge in [0, 0.05) is 42.8 Å². The largest absolute Gasteiger partial charge is 0.346 e. The van der Waals surface area contributed by atoms with E-state index in [9.17, 15) is 0 Å². The van der Waals surface area contributed by atoms with Gasteiger partial charge in [-0.05, 0) is 19.1 Å². The smallest absolute Gasteiger partial charge is 0.0539 e. The molecule has 2 heterocycles. The van der Waals surface area contributed by atoms with Crippen molar-refractivity contribution >= 4 is 0 Å². The summed E-state index contributed by atoms with van der Waals surface area (Å²) in [7, 11) is 0. The molecule has 98 valence electrons. The van der Waals surface area contributed by atoms with E-state index in [1.165, 1.54) is 11.3 Å². The third-order valence-electron chi connectivity index (χ3n) is 2.98. The van der Waals surface area contributed by atoms with Crippen LogP contribution in [0.25, 0.3) is 0 Å². The molecule has 0 amide bonds. The van der Waals surface area contributed by atoms with E-state index in [4.69, 9.17) is 0 Å². The summed E-state index contributed by atoms with van der Waals surface area (Å²) >= 11 is 0. The summed E-state index contributed by atoms with van der Waals surface area (Å²) in [5.41, 5.74) is 2.56. The van der Waals surface area contributed by atoms with Crippen LogP contribution in [-0.4, -0.2) is 20.4 Å². The minimum Gasteiger partial charge on any atom is -0.346 e. The van der Waals surface area contributed by atoms with Crippen LogP contribution in [0.1, 0.15) is 32.0 Å². The zero-order chi connectivity index (χ0) is 13.0. The molecule has 2 aromatic rings. The summed E-state index contributed by atoms with van der Waals surface area (Å²) in [6.45, 7) is 9.16. The minimum absolute atomic E-state index is 0.510. The lowest BCUT2D eigenvalue weighted by molar-refractivity contribution is 0.564. The predicted molar refractivity (Wildman–Crippen MR) is 73.4 cm³/mol. The zero-order valence-electron chi connectivity index (χ0n) is 11.4. The number of hydrogen-bond acceptors (Lipinski definition) is 2. The molecular weight excluding hydrogens is 224 g/mol. The van der Waals surface area contributed by atoms with Crippen molar-refractivity contribution in [2.24, 2.45) is 0 Å². The summed E-state index contributed by atoms with van der Waals surface area (Å²) in [6, 6.07) is 4.78. The highest BCUT2D eigenvalue weighted by molar-refractivity contribution is 5.12. The normalized spacial score (nSPS) is 11.3. The third-order valence-corrected chi connectivity index (χ3v) is 2.98. The molecule has 1 N–H and O–H groups in total. The first-order valence-electron chi connectivity index (χ1n) is 6.57. The lowest BCUT2D eigenvalue weighted by Crippen LogP contribution is -2.23. The highest BCUT2D eigenvalue weighted by atomic mass is 15.3. The number of aromatic nitrogens is 3. The molecule has 0 bridgehead atoms. The summed E-state index contributed by atoms with van der Waals surface area (Å²) in [6.07, 6.45) is 6.18. The predicted octanol–water partition coefficient (Wildman–Crippen LogP) is 2.25. The number of nitrogens with one attached hydrogen (secondary N) is 1. The number of aryl methyl sites for hydroxylation is 1. The van der Waals surface area contributed by atoms with Crippen LogP contribution < -0.4 is 5.32 Å². The van der Waals surface area contributed by atoms with Crippen LogP contribution in [0.3, 0.4) is 0 Å². The highest BCUT2D eigenvalue weighted by Crippen LogP contribution is 2.07. The molecule has 0 fully saturated rings. The summed E-state index contributed by atoms with van der Waals surface area (Å²) in [5, 5.41) is 7.76. The van der Waals surface area contributed by atoms with E-state index >= 15 is 0 Å². The van der Waals surface area contributed by atoms with Gasteiger partial charge in [0.2, 0.25) is 0 Å². The van der Waals surface area contributed by atoms with E-state index in [-0.39, 0.29) is 0 Å². The van der Waals surface area contributed by atoms with Crippen molar-refractivity contribution in [3.05, 3.63) is 42.0 Å². The van der Waals surface area contributed by atoms with Crippen LogP contribution in [0, 0.1) is 0 Å². The number of hydrogen-bond donors (Lipinski definition) is 1. The summed E-state index contributed by atoms with van der Waals surface area (Å²) in [4.78, 5) is 0. The molecule has 0 spiro atoms. The van der Waals surface area contributed by atoms with Crippen molar-refractivity contribution in [2.45, 2.75) is 46.4 Å². The number of rotatable bonds is 6. The van der Waals surface area contributed by atoms with E-state index in [1.807, 2.05) is 10.9 Å². The first-order chi connectivity index (χ1) is 8.69. The Balaban J connectivity index is 2.02. The average Bonchev–Trinajstić information content (AvgIpc) is 2.96. The second-order valence-electron chi connectivity index (χ2n) is 4.87. The minimum atomic E-state index is 0.510. The van der Waals surface area contributed by atoms with Crippen LogP contribution in [0.5, 0.6) is 0 Å². The maximum absolute atomic E-state index is 4.31. The third kappa shape index (κ3) is 3.23. The van der Waals surface area contributed by atoms with Crippen LogP contribution in [-0.2, 0) is 19.6 Å². The summed E-state index contributed by atoms with van der Waals surface area (Å²) in [5.74, 6) is 0. The maximum Gasteiger partial charge on any atom is 0.0539 e. The Morgan fingerprint density at radius 1 is 1.39 bits per heavy atom. The van der Waals surface area contributed by atoms with Gasteiger partial charge in [0.05, 0.1) is 12.7 Å². The van der Waals surface area contributed by atoms with Gasteiger partial charge in [0.15, 0.2) is 0 Å². The lowest BCUT2D eigenvalue weighted by atomic mass is 10.3. The Hall–Kier alpha value is -1.55. The molecule has 0 aliphatic heterocycles. The van der Waals surface area contributed by atoms with Crippen LogP contribution in [0.4, 0.5) is 0 Å². The van der Waals surface area contributed by atoms with Crippen LogP contribution >= 0.6 is 0 Å². The van der Waals surface area contributed by atoms with Crippen molar-refractivity contribution in [3.8, 4) is 0 Å². The van der Waals surface area contributed by atoms with E-state index in [0.717, 1.165) is 19.6 Å². The fourth-order valence-corrected chi connectivity index (χ4v) is 1.93. The van der Waals surface area contributed by atoms with Crippen molar-refractivity contribution in [2.75, 3.05) is 0 Å². The van der Waals surface area contributed by atoms with Gasteiger partial charge in [-0.15, -0.1) is 0 Å². The topological polar surface area (TPSA) is 34.8 Å². The molecule has 0 aliphatic rings. The van der Waals surface area contributed by atoms with Gasteiger partial charge in [-0.2, -0.15) is 5.10 Å². The maximum atomic E-state index is 4.31. The fourth-order valence-electron chi connectivity index (χ4n) is 1.93. The monoisotopic (exact) mass is 246 g/mol. The molecule has 2 rings (SSSR count). The molecule has 0 radical (unpaired) electrons. The van der Waals surface area contributed by atoms with Gasteiger partial charge in [-0.3, -0.25) is 4.68 Å². The molecule has 0 saturated carbocycles. The molecule has 2 aromatic heterocycles. The van der Waals surface area contributed by atoms with Gasteiger partial charge in [0.1, 0.15) is 0 Å². The van der Waals surface area contributed by atoms with Gasteiger partial charge >= 0.3 is 0 Å². The second kappa shape index (κ2) is 5.87. The summed E-state index contributed by atoms with van der Waals surface area (Å²) < 4.78 is 4.23. The molecule has 4 nitrogen and oxygen atoms in total.